The third-order valence-corrected chi connectivity index (χ3v) is 4.80. The van der Waals surface area contributed by atoms with Crippen molar-refractivity contribution in [1.82, 2.24) is 5.32 Å². The molecule has 1 aliphatic rings. The van der Waals surface area contributed by atoms with E-state index in [4.69, 9.17) is 0 Å². The summed E-state index contributed by atoms with van der Waals surface area (Å²) in [4.78, 5) is 11.4. The number of benzene rings is 2. The molecule has 0 heterocycles. The topological polar surface area (TPSA) is 49.3 Å². The van der Waals surface area contributed by atoms with E-state index in [1.807, 2.05) is 18.2 Å². The molecule has 3 nitrogen and oxygen atoms in total. The van der Waals surface area contributed by atoms with Gasteiger partial charge in [0.1, 0.15) is 0 Å². The van der Waals surface area contributed by atoms with Gasteiger partial charge in [-0.15, -0.1) is 0 Å². The van der Waals surface area contributed by atoms with E-state index in [0.29, 0.717) is 17.5 Å². The molecule has 3 rings (SSSR count). The summed E-state index contributed by atoms with van der Waals surface area (Å²) in [5.74, 6) is -0.443. The molecule has 3 heteroatoms. The molecule has 0 saturated heterocycles. The van der Waals surface area contributed by atoms with Crippen LogP contribution in [0.15, 0.2) is 54.6 Å². The zero-order valence-corrected chi connectivity index (χ0v) is 13.2. The Morgan fingerprint density at radius 3 is 2.30 bits per heavy atom. The predicted octanol–water partition coefficient (Wildman–Crippen LogP) is 4.20. The van der Waals surface area contributed by atoms with Crippen molar-refractivity contribution in [3.05, 3.63) is 71.3 Å². The summed E-state index contributed by atoms with van der Waals surface area (Å²) in [5, 5.41) is 13.0. The van der Waals surface area contributed by atoms with E-state index in [1.54, 1.807) is 12.1 Å². The second-order valence-electron chi connectivity index (χ2n) is 6.31. The lowest BCUT2D eigenvalue weighted by atomic mass is 9.80. The number of carboxylic acid groups (broad SMARTS) is 1. The van der Waals surface area contributed by atoms with Crippen LogP contribution in [0.25, 0.3) is 0 Å². The smallest absolute Gasteiger partial charge is 0.335 e. The third-order valence-electron chi connectivity index (χ3n) is 4.80. The molecule has 0 unspecified atom stereocenters. The van der Waals surface area contributed by atoms with E-state index in [1.165, 1.54) is 5.56 Å². The highest BCUT2D eigenvalue weighted by molar-refractivity contribution is 5.89. The van der Waals surface area contributed by atoms with Crippen molar-refractivity contribution in [2.45, 2.75) is 44.2 Å². The molecule has 0 aromatic heterocycles. The predicted molar refractivity (Wildman–Crippen MR) is 91.7 cm³/mol. The Bertz CT molecular complexity index is 646. The first-order valence-electron chi connectivity index (χ1n) is 8.33. The van der Waals surface area contributed by atoms with Gasteiger partial charge in [-0.1, -0.05) is 48.5 Å². The van der Waals surface area contributed by atoms with Crippen LogP contribution in [0, 0.1) is 0 Å². The van der Waals surface area contributed by atoms with Crippen LogP contribution < -0.4 is 5.32 Å². The van der Waals surface area contributed by atoms with E-state index < -0.39 is 5.97 Å². The maximum absolute atomic E-state index is 11.4. The summed E-state index contributed by atoms with van der Waals surface area (Å²) in [6.45, 7) is 0.905. The Kier molecular flexibility index (Phi) is 5.09. The van der Waals surface area contributed by atoms with Gasteiger partial charge in [0.25, 0.3) is 0 Å². The largest absolute Gasteiger partial charge is 0.478 e. The average molecular weight is 309 g/mol. The number of carbonyl (C=O) groups is 1. The maximum Gasteiger partial charge on any atom is 0.335 e. The highest BCUT2D eigenvalue weighted by atomic mass is 16.4. The Morgan fingerprint density at radius 2 is 1.61 bits per heavy atom. The van der Waals surface area contributed by atoms with E-state index in [2.05, 4.69) is 29.6 Å². The number of carboxylic acids is 1. The minimum Gasteiger partial charge on any atom is -0.478 e. The number of rotatable bonds is 5. The molecular formula is C20H23NO2. The number of nitrogens with one attached hydrogen (secondary N) is 1. The summed E-state index contributed by atoms with van der Waals surface area (Å²) in [6, 6.07) is 18.4. The highest BCUT2D eigenvalue weighted by Gasteiger charge is 2.25. The summed E-state index contributed by atoms with van der Waals surface area (Å²) >= 11 is 0. The lowest BCUT2D eigenvalue weighted by molar-refractivity contribution is 0.0694. The van der Waals surface area contributed by atoms with Crippen molar-refractivity contribution >= 4 is 5.97 Å². The van der Waals surface area contributed by atoms with E-state index in [-0.39, 0.29) is 0 Å². The molecule has 0 bridgehead atoms. The molecule has 2 aromatic carbocycles. The second kappa shape index (κ2) is 7.42. The Morgan fingerprint density at radius 1 is 0.957 bits per heavy atom. The molecule has 0 amide bonds. The molecule has 1 aliphatic carbocycles. The number of hydrogen-bond donors (Lipinski definition) is 2. The monoisotopic (exact) mass is 309 g/mol. The molecule has 2 N–H and O–H groups in total. The van der Waals surface area contributed by atoms with Crippen LogP contribution in [0.5, 0.6) is 0 Å². The van der Waals surface area contributed by atoms with Gasteiger partial charge in [0.05, 0.1) is 5.56 Å². The first kappa shape index (κ1) is 15.8. The summed E-state index contributed by atoms with van der Waals surface area (Å²) in [5.41, 5.74) is 2.78. The van der Waals surface area contributed by atoms with Gasteiger partial charge in [0, 0.05) is 12.6 Å². The van der Waals surface area contributed by atoms with E-state index in [9.17, 15) is 9.90 Å². The lowest BCUT2D eigenvalue weighted by Crippen LogP contribution is -2.32. The van der Waals surface area contributed by atoms with Gasteiger partial charge in [0.2, 0.25) is 0 Å². The van der Waals surface area contributed by atoms with Crippen LogP contribution in [0.4, 0.5) is 0 Å². The SMILES string of the molecule is O=C(O)c1ccccc1C1CCC(NCc2ccccc2)CC1. The molecular weight excluding hydrogens is 286 g/mol. The molecule has 1 fully saturated rings. The van der Waals surface area contributed by atoms with E-state index >= 15 is 0 Å². The molecule has 0 spiro atoms. The Labute approximate surface area is 137 Å². The fourth-order valence-electron chi connectivity index (χ4n) is 3.51. The van der Waals surface area contributed by atoms with Crippen molar-refractivity contribution < 1.29 is 9.90 Å². The fraction of sp³-hybridized carbons (Fsp3) is 0.350. The molecule has 0 aliphatic heterocycles. The standard InChI is InChI=1S/C20H23NO2/c22-20(23)19-9-5-4-8-18(19)16-10-12-17(13-11-16)21-14-15-6-2-1-3-7-15/h1-9,16-17,21H,10-14H2,(H,22,23). The highest BCUT2D eigenvalue weighted by Crippen LogP contribution is 2.34. The van der Waals surface area contributed by atoms with Crippen molar-refractivity contribution in [3.8, 4) is 0 Å². The summed E-state index contributed by atoms with van der Waals surface area (Å²) in [7, 11) is 0. The van der Waals surface area contributed by atoms with Crippen LogP contribution in [0.2, 0.25) is 0 Å². The van der Waals surface area contributed by atoms with E-state index in [0.717, 1.165) is 37.8 Å². The van der Waals surface area contributed by atoms with Crippen molar-refractivity contribution in [2.75, 3.05) is 0 Å². The summed E-state index contributed by atoms with van der Waals surface area (Å²) < 4.78 is 0. The van der Waals surface area contributed by atoms with Gasteiger partial charge in [0.15, 0.2) is 0 Å². The normalized spacial score (nSPS) is 21.0. The molecule has 120 valence electrons. The molecule has 23 heavy (non-hydrogen) atoms. The zero-order valence-electron chi connectivity index (χ0n) is 13.2. The average Bonchev–Trinajstić information content (AvgIpc) is 2.61. The van der Waals surface area contributed by atoms with Crippen LogP contribution in [-0.2, 0) is 6.54 Å². The summed E-state index contributed by atoms with van der Waals surface area (Å²) in [6.07, 6.45) is 4.31. The molecule has 1 saturated carbocycles. The second-order valence-corrected chi connectivity index (χ2v) is 6.31. The Balaban J connectivity index is 1.55. The fourth-order valence-corrected chi connectivity index (χ4v) is 3.51. The van der Waals surface area contributed by atoms with Crippen LogP contribution >= 0.6 is 0 Å². The van der Waals surface area contributed by atoms with Crippen LogP contribution in [0.3, 0.4) is 0 Å². The first-order chi connectivity index (χ1) is 11.2. The van der Waals surface area contributed by atoms with Crippen molar-refractivity contribution in [1.29, 1.82) is 0 Å². The number of aromatic carboxylic acids is 1. The molecule has 0 atom stereocenters. The van der Waals surface area contributed by atoms with Crippen molar-refractivity contribution in [3.63, 3.8) is 0 Å². The van der Waals surface area contributed by atoms with Gasteiger partial charge < -0.3 is 10.4 Å². The minimum atomic E-state index is -0.815. The minimum absolute atomic E-state index is 0.372. The number of hydrogen-bond acceptors (Lipinski definition) is 2. The maximum atomic E-state index is 11.4. The van der Waals surface area contributed by atoms with Crippen LogP contribution in [0.1, 0.15) is 53.1 Å². The van der Waals surface area contributed by atoms with Gasteiger partial charge in [-0.2, -0.15) is 0 Å². The first-order valence-corrected chi connectivity index (χ1v) is 8.33. The lowest BCUT2D eigenvalue weighted by Gasteiger charge is -2.30. The molecule has 2 aromatic rings. The third kappa shape index (κ3) is 3.99. The van der Waals surface area contributed by atoms with Gasteiger partial charge in [-0.25, -0.2) is 4.79 Å². The quantitative estimate of drug-likeness (QED) is 0.870. The van der Waals surface area contributed by atoms with Crippen LogP contribution in [-0.4, -0.2) is 17.1 Å². The van der Waals surface area contributed by atoms with Gasteiger partial charge >= 0.3 is 5.97 Å². The molecule has 0 radical (unpaired) electrons. The van der Waals surface area contributed by atoms with Crippen molar-refractivity contribution in [2.24, 2.45) is 0 Å². The van der Waals surface area contributed by atoms with Gasteiger partial charge in [-0.3, -0.25) is 0 Å². The van der Waals surface area contributed by atoms with Gasteiger partial charge in [-0.05, 0) is 48.8 Å². The Hall–Kier alpha value is -2.13. The zero-order chi connectivity index (χ0) is 16.1.